The second-order valence-corrected chi connectivity index (χ2v) is 4.44. The van der Waals surface area contributed by atoms with Gasteiger partial charge in [0.05, 0.1) is 17.1 Å². The molecule has 0 aliphatic rings. The summed E-state index contributed by atoms with van der Waals surface area (Å²) in [6.45, 7) is 0. The molecule has 3 nitrogen and oxygen atoms in total. The third-order valence-electron chi connectivity index (χ3n) is 2.25. The average molecular weight is 251 g/mol. The van der Waals surface area contributed by atoms with Crippen molar-refractivity contribution in [1.82, 2.24) is 4.98 Å². The maximum absolute atomic E-state index is 13.5. The highest BCUT2D eigenvalue weighted by atomic mass is 32.1. The van der Waals surface area contributed by atoms with Crippen LogP contribution >= 0.6 is 11.3 Å². The molecular weight excluding hydrogens is 241 g/mol. The molecule has 0 spiro atoms. The van der Waals surface area contributed by atoms with Crippen LogP contribution < -0.4 is 0 Å². The normalized spacial score (nSPS) is 10.4. The minimum absolute atomic E-state index is 0.0459. The molecule has 17 heavy (non-hydrogen) atoms. The van der Waals surface area contributed by atoms with Crippen molar-refractivity contribution in [2.24, 2.45) is 0 Å². The van der Waals surface area contributed by atoms with Gasteiger partial charge in [-0.2, -0.15) is 0 Å². The van der Waals surface area contributed by atoms with Crippen LogP contribution in [0.5, 0.6) is 0 Å². The van der Waals surface area contributed by atoms with E-state index in [-0.39, 0.29) is 12.2 Å². The van der Waals surface area contributed by atoms with Crippen molar-refractivity contribution in [1.29, 1.82) is 0 Å². The lowest BCUT2D eigenvalue weighted by molar-refractivity contribution is -0.136. The molecule has 0 saturated heterocycles. The fourth-order valence-corrected chi connectivity index (χ4v) is 2.23. The first-order valence-electron chi connectivity index (χ1n) is 5.08. The average Bonchev–Trinajstić information content (AvgIpc) is 2.75. The fraction of sp³-hybridized carbons (Fsp3) is 0.167. The number of hydrogen-bond acceptors (Lipinski definition) is 3. The highest BCUT2D eigenvalue weighted by Gasteiger charge is 2.09. The predicted molar refractivity (Wildman–Crippen MR) is 63.5 cm³/mol. The molecule has 0 unspecified atom stereocenters. The summed E-state index contributed by atoms with van der Waals surface area (Å²) in [5.41, 5.74) is 1.01. The molecule has 0 bridgehead atoms. The van der Waals surface area contributed by atoms with Gasteiger partial charge >= 0.3 is 5.97 Å². The summed E-state index contributed by atoms with van der Waals surface area (Å²) in [5, 5.41) is 11.0. The molecule has 88 valence electrons. The van der Waals surface area contributed by atoms with E-state index in [1.54, 1.807) is 23.6 Å². The zero-order chi connectivity index (χ0) is 12.3. The number of hydrogen-bond donors (Lipinski definition) is 1. The van der Waals surface area contributed by atoms with Gasteiger partial charge < -0.3 is 5.11 Å². The standard InChI is InChI=1S/C12H10FNO2S/c13-9-4-2-1-3-8(9)10-7-17-11(14-10)5-6-12(15)16/h1-4,7H,5-6H2,(H,15,16). The van der Waals surface area contributed by atoms with Gasteiger partial charge in [0.2, 0.25) is 0 Å². The molecule has 1 aromatic carbocycles. The number of rotatable bonds is 4. The highest BCUT2D eigenvalue weighted by Crippen LogP contribution is 2.24. The Morgan fingerprint density at radius 1 is 1.41 bits per heavy atom. The minimum atomic E-state index is -0.854. The maximum Gasteiger partial charge on any atom is 0.303 e. The number of carboxylic acid groups (broad SMARTS) is 1. The van der Waals surface area contributed by atoms with Gasteiger partial charge in [-0.15, -0.1) is 11.3 Å². The van der Waals surface area contributed by atoms with E-state index in [9.17, 15) is 9.18 Å². The van der Waals surface area contributed by atoms with Crippen molar-refractivity contribution >= 4 is 17.3 Å². The molecule has 0 atom stereocenters. The van der Waals surface area contributed by atoms with Gasteiger partial charge in [0.25, 0.3) is 0 Å². The van der Waals surface area contributed by atoms with Gasteiger partial charge in [-0.05, 0) is 12.1 Å². The second kappa shape index (κ2) is 5.05. The minimum Gasteiger partial charge on any atom is -0.481 e. The molecular formula is C12H10FNO2S. The second-order valence-electron chi connectivity index (χ2n) is 3.50. The van der Waals surface area contributed by atoms with Crippen LogP contribution in [0.4, 0.5) is 4.39 Å². The third-order valence-corrected chi connectivity index (χ3v) is 3.16. The molecule has 2 aromatic rings. The van der Waals surface area contributed by atoms with Crippen molar-refractivity contribution < 1.29 is 14.3 Å². The summed E-state index contributed by atoms with van der Waals surface area (Å²) >= 11 is 1.35. The molecule has 0 aliphatic carbocycles. The van der Waals surface area contributed by atoms with Crippen LogP contribution in [0, 0.1) is 5.82 Å². The Balaban J connectivity index is 2.18. The monoisotopic (exact) mass is 251 g/mol. The van der Waals surface area contributed by atoms with Gasteiger partial charge in [-0.1, -0.05) is 12.1 Å². The van der Waals surface area contributed by atoms with Crippen LogP contribution in [-0.4, -0.2) is 16.1 Å². The van der Waals surface area contributed by atoms with Gasteiger partial charge in [0.1, 0.15) is 5.82 Å². The van der Waals surface area contributed by atoms with E-state index in [2.05, 4.69) is 4.98 Å². The summed E-state index contributed by atoms with van der Waals surface area (Å²) in [6, 6.07) is 6.40. The first-order valence-corrected chi connectivity index (χ1v) is 5.96. The number of aryl methyl sites for hydroxylation is 1. The van der Waals surface area contributed by atoms with Crippen molar-refractivity contribution in [3.05, 3.63) is 40.5 Å². The summed E-state index contributed by atoms with van der Waals surface area (Å²) < 4.78 is 13.5. The van der Waals surface area contributed by atoms with E-state index in [1.165, 1.54) is 17.4 Å². The molecule has 1 heterocycles. The zero-order valence-corrected chi connectivity index (χ0v) is 9.71. The largest absolute Gasteiger partial charge is 0.481 e. The molecule has 0 radical (unpaired) electrons. The molecule has 0 amide bonds. The summed E-state index contributed by atoms with van der Waals surface area (Å²) in [5.74, 6) is -1.17. The molecule has 2 rings (SSSR count). The quantitative estimate of drug-likeness (QED) is 0.908. The topological polar surface area (TPSA) is 50.2 Å². The lowest BCUT2D eigenvalue weighted by Crippen LogP contribution is -1.97. The molecule has 1 N–H and O–H groups in total. The highest BCUT2D eigenvalue weighted by molar-refractivity contribution is 7.09. The van der Waals surface area contributed by atoms with Crippen LogP contribution in [0.25, 0.3) is 11.3 Å². The van der Waals surface area contributed by atoms with Gasteiger partial charge in [0.15, 0.2) is 0 Å². The Kier molecular flexibility index (Phi) is 3.49. The van der Waals surface area contributed by atoms with Crippen molar-refractivity contribution in [2.75, 3.05) is 0 Å². The smallest absolute Gasteiger partial charge is 0.303 e. The van der Waals surface area contributed by atoms with Crippen LogP contribution in [0.2, 0.25) is 0 Å². The summed E-state index contributed by atoms with van der Waals surface area (Å²) in [6.07, 6.45) is 0.429. The van der Waals surface area contributed by atoms with Gasteiger partial charge in [0, 0.05) is 17.4 Å². The Morgan fingerprint density at radius 3 is 2.88 bits per heavy atom. The van der Waals surface area contributed by atoms with Crippen molar-refractivity contribution in [2.45, 2.75) is 12.8 Å². The predicted octanol–water partition coefficient (Wildman–Crippen LogP) is 2.97. The Hall–Kier alpha value is -1.75. The van der Waals surface area contributed by atoms with E-state index in [0.717, 1.165) is 0 Å². The number of aliphatic carboxylic acids is 1. The molecule has 0 saturated carbocycles. The zero-order valence-electron chi connectivity index (χ0n) is 8.89. The number of aromatic nitrogens is 1. The third kappa shape index (κ3) is 2.88. The van der Waals surface area contributed by atoms with Gasteiger partial charge in [-0.3, -0.25) is 4.79 Å². The van der Waals surface area contributed by atoms with E-state index in [4.69, 9.17) is 5.11 Å². The van der Waals surface area contributed by atoms with Crippen LogP contribution in [0.15, 0.2) is 29.6 Å². The molecule has 0 aliphatic heterocycles. The van der Waals surface area contributed by atoms with Crippen LogP contribution in [0.3, 0.4) is 0 Å². The Labute approximate surface area is 102 Å². The lowest BCUT2D eigenvalue weighted by Gasteiger charge is -1.97. The first kappa shape index (κ1) is 11.7. The van der Waals surface area contributed by atoms with Crippen LogP contribution in [0.1, 0.15) is 11.4 Å². The van der Waals surface area contributed by atoms with E-state index in [0.29, 0.717) is 22.7 Å². The summed E-state index contributed by atoms with van der Waals surface area (Å²) in [4.78, 5) is 14.6. The number of halogens is 1. The Morgan fingerprint density at radius 2 is 2.18 bits per heavy atom. The van der Waals surface area contributed by atoms with Crippen LogP contribution in [-0.2, 0) is 11.2 Å². The van der Waals surface area contributed by atoms with Gasteiger partial charge in [-0.25, -0.2) is 9.37 Å². The number of thiazole rings is 1. The molecule has 5 heteroatoms. The number of nitrogens with zero attached hydrogens (tertiary/aromatic N) is 1. The number of carbonyl (C=O) groups is 1. The SMILES string of the molecule is O=C(O)CCc1nc(-c2ccccc2F)cs1. The number of benzene rings is 1. The fourth-order valence-electron chi connectivity index (χ4n) is 1.43. The van der Waals surface area contributed by atoms with E-state index >= 15 is 0 Å². The first-order chi connectivity index (χ1) is 8.16. The van der Waals surface area contributed by atoms with E-state index in [1.807, 2.05) is 0 Å². The van der Waals surface area contributed by atoms with E-state index < -0.39 is 5.97 Å². The lowest BCUT2D eigenvalue weighted by atomic mass is 10.1. The summed E-state index contributed by atoms with van der Waals surface area (Å²) in [7, 11) is 0. The molecule has 1 aromatic heterocycles. The van der Waals surface area contributed by atoms with Crippen molar-refractivity contribution in [3.8, 4) is 11.3 Å². The maximum atomic E-state index is 13.5. The van der Waals surface area contributed by atoms with Crippen molar-refractivity contribution in [3.63, 3.8) is 0 Å². The Bertz CT molecular complexity index is 539. The molecule has 0 fully saturated rings. The number of carboxylic acids is 1.